The summed E-state index contributed by atoms with van der Waals surface area (Å²) in [6.07, 6.45) is 9.48. The number of hydrogen-bond donors (Lipinski definition) is 0. The minimum absolute atomic E-state index is 0.00551. The van der Waals surface area contributed by atoms with E-state index in [4.69, 9.17) is 0 Å². The minimum Gasteiger partial charge on any atom is -0.333 e. The standard InChI is InChI=1S/C23H30N2O3/c1-15(2)24(17-10-6-7-11-17)21(26)16-12-13-19-20(14-16)23(28)25(22(19)27)18-8-4-3-5-9-18/h12-15,17-18H,3-11H2,1-2H3. The summed E-state index contributed by atoms with van der Waals surface area (Å²) in [6.45, 7) is 4.09. The van der Waals surface area contributed by atoms with Crippen LogP contribution in [0.1, 0.15) is 103 Å². The molecule has 0 atom stereocenters. The molecule has 1 aromatic rings. The van der Waals surface area contributed by atoms with Gasteiger partial charge in [0, 0.05) is 23.7 Å². The van der Waals surface area contributed by atoms with Crippen LogP contribution in [-0.4, -0.2) is 45.6 Å². The molecular weight excluding hydrogens is 352 g/mol. The van der Waals surface area contributed by atoms with Gasteiger partial charge in [0.1, 0.15) is 0 Å². The molecule has 28 heavy (non-hydrogen) atoms. The van der Waals surface area contributed by atoms with Gasteiger partial charge in [0.2, 0.25) is 0 Å². The summed E-state index contributed by atoms with van der Waals surface area (Å²) in [5.74, 6) is -0.443. The predicted octanol–water partition coefficient (Wildman–Crippen LogP) is 4.41. The van der Waals surface area contributed by atoms with Crippen LogP contribution in [0.4, 0.5) is 0 Å². The van der Waals surface area contributed by atoms with Crippen LogP contribution in [0.15, 0.2) is 18.2 Å². The fourth-order valence-electron chi connectivity index (χ4n) is 5.22. The van der Waals surface area contributed by atoms with Gasteiger partial charge in [-0.1, -0.05) is 32.1 Å². The summed E-state index contributed by atoms with van der Waals surface area (Å²) in [5, 5.41) is 0. The smallest absolute Gasteiger partial charge is 0.261 e. The molecular formula is C23H30N2O3. The third-order valence-corrected chi connectivity index (χ3v) is 6.61. The van der Waals surface area contributed by atoms with Crippen molar-refractivity contribution in [3.63, 3.8) is 0 Å². The van der Waals surface area contributed by atoms with Gasteiger partial charge in [-0.25, -0.2) is 0 Å². The van der Waals surface area contributed by atoms with Crippen LogP contribution in [-0.2, 0) is 0 Å². The van der Waals surface area contributed by atoms with Crippen molar-refractivity contribution in [2.75, 3.05) is 0 Å². The maximum Gasteiger partial charge on any atom is 0.261 e. The first-order chi connectivity index (χ1) is 13.5. The first-order valence-electron chi connectivity index (χ1n) is 10.8. The van der Waals surface area contributed by atoms with Crippen LogP contribution < -0.4 is 0 Å². The Labute approximate surface area is 167 Å². The zero-order valence-electron chi connectivity index (χ0n) is 16.9. The molecule has 1 aromatic carbocycles. The highest BCUT2D eigenvalue weighted by Crippen LogP contribution is 2.32. The van der Waals surface area contributed by atoms with Crippen LogP contribution in [0, 0.1) is 0 Å². The second-order valence-electron chi connectivity index (χ2n) is 8.78. The molecule has 5 heteroatoms. The van der Waals surface area contributed by atoms with Gasteiger partial charge in [-0.15, -0.1) is 0 Å². The lowest BCUT2D eigenvalue weighted by Crippen LogP contribution is -2.43. The van der Waals surface area contributed by atoms with Crippen molar-refractivity contribution < 1.29 is 14.4 Å². The largest absolute Gasteiger partial charge is 0.333 e. The van der Waals surface area contributed by atoms with Crippen molar-refractivity contribution in [3.8, 4) is 0 Å². The Morgan fingerprint density at radius 2 is 1.54 bits per heavy atom. The Balaban J connectivity index is 1.61. The van der Waals surface area contributed by atoms with E-state index >= 15 is 0 Å². The summed E-state index contributed by atoms with van der Waals surface area (Å²) in [4.78, 5) is 42.6. The van der Waals surface area contributed by atoms with E-state index in [2.05, 4.69) is 0 Å². The average molecular weight is 383 g/mol. The second-order valence-corrected chi connectivity index (χ2v) is 8.78. The zero-order valence-corrected chi connectivity index (χ0v) is 16.9. The number of carbonyl (C=O) groups is 3. The molecule has 2 aliphatic carbocycles. The van der Waals surface area contributed by atoms with Gasteiger partial charge in [0.15, 0.2) is 0 Å². The first-order valence-corrected chi connectivity index (χ1v) is 10.8. The van der Waals surface area contributed by atoms with Crippen molar-refractivity contribution in [3.05, 3.63) is 34.9 Å². The summed E-state index contributed by atoms with van der Waals surface area (Å²) in [6, 6.07) is 5.45. The molecule has 0 N–H and O–H groups in total. The highest BCUT2D eigenvalue weighted by atomic mass is 16.2. The van der Waals surface area contributed by atoms with E-state index in [0.29, 0.717) is 16.7 Å². The summed E-state index contributed by atoms with van der Waals surface area (Å²) < 4.78 is 0. The third-order valence-electron chi connectivity index (χ3n) is 6.61. The molecule has 4 rings (SSSR count). The maximum atomic E-state index is 13.3. The monoisotopic (exact) mass is 382 g/mol. The topological polar surface area (TPSA) is 57.7 Å². The van der Waals surface area contributed by atoms with E-state index in [-0.39, 0.29) is 35.8 Å². The lowest BCUT2D eigenvalue weighted by atomic mass is 9.94. The molecule has 0 bridgehead atoms. The third kappa shape index (κ3) is 3.25. The number of benzene rings is 1. The molecule has 3 aliphatic rings. The SMILES string of the molecule is CC(C)N(C(=O)c1ccc2c(c1)C(=O)N(C1CCCCC1)C2=O)C1CCCC1. The molecule has 150 valence electrons. The number of carbonyl (C=O) groups excluding carboxylic acids is 3. The first kappa shape index (κ1) is 19.2. The van der Waals surface area contributed by atoms with Gasteiger partial charge in [-0.3, -0.25) is 19.3 Å². The number of nitrogens with zero attached hydrogens (tertiary/aromatic N) is 2. The van der Waals surface area contributed by atoms with Crippen molar-refractivity contribution in [1.29, 1.82) is 0 Å². The Morgan fingerprint density at radius 1 is 0.929 bits per heavy atom. The number of amides is 3. The molecule has 0 unspecified atom stereocenters. The van der Waals surface area contributed by atoms with Crippen molar-refractivity contribution >= 4 is 17.7 Å². The molecule has 0 aromatic heterocycles. The van der Waals surface area contributed by atoms with Gasteiger partial charge in [0.05, 0.1) is 11.1 Å². The van der Waals surface area contributed by atoms with Gasteiger partial charge < -0.3 is 4.90 Å². The maximum absolute atomic E-state index is 13.3. The van der Waals surface area contributed by atoms with Crippen LogP contribution in [0.5, 0.6) is 0 Å². The van der Waals surface area contributed by atoms with Crippen LogP contribution in [0.25, 0.3) is 0 Å². The number of imide groups is 1. The predicted molar refractivity (Wildman–Crippen MR) is 107 cm³/mol. The molecule has 3 amide bonds. The summed E-state index contributed by atoms with van der Waals surface area (Å²) in [7, 11) is 0. The Morgan fingerprint density at radius 3 is 2.18 bits per heavy atom. The van der Waals surface area contributed by atoms with Crippen LogP contribution in [0.3, 0.4) is 0 Å². The average Bonchev–Trinajstić information content (AvgIpc) is 3.29. The molecule has 2 fully saturated rings. The zero-order chi connectivity index (χ0) is 19.8. The summed E-state index contributed by atoms with van der Waals surface area (Å²) >= 11 is 0. The quantitative estimate of drug-likeness (QED) is 0.725. The fraction of sp³-hybridized carbons (Fsp3) is 0.609. The lowest BCUT2D eigenvalue weighted by Gasteiger charge is -2.33. The molecule has 0 saturated heterocycles. The van der Waals surface area contributed by atoms with E-state index in [0.717, 1.165) is 51.4 Å². The molecule has 1 heterocycles. The van der Waals surface area contributed by atoms with Crippen LogP contribution in [0.2, 0.25) is 0 Å². The Hall–Kier alpha value is -2.17. The Kier molecular flexibility index (Phi) is 5.26. The Bertz CT molecular complexity index is 789. The molecule has 5 nitrogen and oxygen atoms in total. The van der Waals surface area contributed by atoms with Gasteiger partial charge in [0.25, 0.3) is 17.7 Å². The van der Waals surface area contributed by atoms with E-state index in [1.165, 1.54) is 11.3 Å². The van der Waals surface area contributed by atoms with Gasteiger partial charge >= 0.3 is 0 Å². The lowest BCUT2D eigenvalue weighted by molar-refractivity contribution is 0.0548. The van der Waals surface area contributed by atoms with E-state index in [1.54, 1.807) is 18.2 Å². The molecule has 2 saturated carbocycles. The van der Waals surface area contributed by atoms with E-state index in [9.17, 15) is 14.4 Å². The number of fused-ring (bicyclic) bond motifs is 1. The fourth-order valence-corrected chi connectivity index (χ4v) is 5.22. The second kappa shape index (κ2) is 7.69. The van der Waals surface area contributed by atoms with Gasteiger partial charge in [-0.05, 0) is 57.7 Å². The highest BCUT2D eigenvalue weighted by Gasteiger charge is 2.41. The van der Waals surface area contributed by atoms with E-state index in [1.807, 2.05) is 18.7 Å². The number of rotatable bonds is 4. The molecule has 1 aliphatic heterocycles. The van der Waals surface area contributed by atoms with E-state index < -0.39 is 0 Å². The normalized spacial score (nSPS) is 20.9. The van der Waals surface area contributed by atoms with Crippen molar-refractivity contribution in [2.45, 2.75) is 89.8 Å². The van der Waals surface area contributed by atoms with Crippen molar-refractivity contribution in [1.82, 2.24) is 9.80 Å². The molecule has 0 spiro atoms. The minimum atomic E-state index is -0.224. The number of hydrogen-bond acceptors (Lipinski definition) is 3. The van der Waals surface area contributed by atoms with Crippen LogP contribution >= 0.6 is 0 Å². The van der Waals surface area contributed by atoms with Crippen molar-refractivity contribution in [2.24, 2.45) is 0 Å². The molecule has 0 radical (unpaired) electrons. The highest BCUT2D eigenvalue weighted by molar-refractivity contribution is 6.22. The summed E-state index contributed by atoms with van der Waals surface area (Å²) in [5.41, 5.74) is 1.37. The van der Waals surface area contributed by atoms with Gasteiger partial charge in [-0.2, -0.15) is 0 Å².